The third-order valence-corrected chi connectivity index (χ3v) is 4.18. The summed E-state index contributed by atoms with van der Waals surface area (Å²) in [4.78, 5) is 14.2. The Hall–Kier alpha value is -0.610. The molecular weight excluding hydrogens is 228 g/mol. The minimum atomic E-state index is -0.00608. The summed E-state index contributed by atoms with van der Waals surface area (Å²) < 4.78 is 5.62. The van der Waals surface area contributed by atoms with Crippen LogP contribution in [0, 0.1) is 11.8 Å². The minimum Gasteiger partial charge on any atom is -0.379 e. The van der Waals surface area contributed by atoms with Crippen molar-refractivity contribution in [1.29, 1.82) is 0 Å². The Bertz CT molecular complexity index is 292. The molecule has 18 heavy (non-hydrogen) atoms. The summed E-state index contributed by atoms with van der Waals surface area (Å²) in [5.41, 5.74) is 0. The van der Waals surface area contributed by atoms with Gasteiger partial charge in [0.05, 0.1) is 18.8 Å². The van der Waals surface area contributed by atoms with E-state index < -0.39 is 0 Å². The maximum Gasteiger partial charge on any atom is 0.241 e. The van der Waals surface area contributed by atoms with Crippen molar-refractivity contribution in [2.75, 3.05) is 19.8 Å². The molecular formula is C14H26N2O2. The molecule has 0 aromatic carbocycles. The third kappa shape index (κ3) is 3.23. The van der Waals surface area contributed by atoms with Crippen LogP contribution in [0.15, 0.2) is 0 Å². The largest absolute Gasteiger partial charge is 0.379 e. The van der Waals surface area contributed by atoms with E-state index in [1.807, 2.05) is 4.90 Å². The van der Waals surface area contributed by atoms with Crippen LogP contribution in [0.25, 0.3) is 0 Å². The zero-order valence-corrected chi connectivity index (χ0v) is 11.8. The van der Waals surface area contributed by atoms with E-state index >= 15 is 0 Å². The fourth-order valence-electron chi connectivity index (χ4n) is 2.44. The molecule has 0 spiro atoms. The van der Waals surface area contributed by atoms with Gasteiger partial charge in [0.2, 0.25) is 5.91 Å². The van der Waals surface area contributed by atoms with Gasteiger partial charge in [0, 0.05) is 13.2 Å². The molecule has 0 aromatic heterocycles. The highest BCUT2D eigenvalue weighted by Gasteiger charge is 2.38. The second kappa shape index (κ2) is 6.02. The van der Waals surface area contributed by atoms with Crippen LogP contribution in [0.1, 0.15) is 40.0 Å². The lowest BCUT2D eigenvalue weighted by atomic mass is 9.99. The van der Waals surface area contributed by atoms with Gasteiger partial charge < -0.3 is 9.64 Å². The number of hydrogen-bond acceptors (Lipinski definition) is 3. The van der Waals surface area contributed by atoms with Gasteiger partial charge in [0.25, 0.3) is 0 Å². The van der Waals surface area contributed by atoms with Crippen molar-refractivity contribution in [3.63, 3.8) is 0 Å². The number of ether oxygens (including phenoxy) is 1. The molecule has 1 aliphatic carbocycles. The van der Waals surface area contributed by atoms with Crippen molar-refractivity contribution < 1.29 is 9.53 Å². The molecule has 4 heteroatoms. The summed E-state index contributed by atoms with van der Waals surface area (Å²) in [7, 11) is 0. The summed E-state index contributed by atoms with van der Waals surface area (Å²) in [6.45, 7) is 8.58. The van der Waals surface area contributed by atoms with E-state index in [4.69, 9.17) is 4.74 Å². The fourth-order valence-corrected chi connectivity index (χ4v) is 2.44. The molecule has 2 aliphatic rings. The number of hydrogen-bond donors (Lipinski definition) is 1. The molecule has 3 unspecified atom stereocenters. The normalized spacial score (nSPS) is 29.9. The summed E-state index contributed by atoms with van der Waals surface area (Å²) >= 11 is 0. The first-order chi connectivity index (χ1) is 8.63. The van der Waals surface area contributed by atoms with Crippen molar-refractivity contribution in [2.45, 2.75) is 52.2 Å². The molecule has 4 nitrogen and oxygen atoms in total. The monoisotopic (exact) mass is 254 g/mol. The average Bonchev–Trinajstić information content (AvgIpc) is 3.13. The van der Waals surface area contributed by atoms with Crippen LogP contribution < -0.4 is 5.32 Å². The topological polar surface area (TPSA) is 41.6 Å². The summed E-state index contributed by atoms with van der Waals surface area (Å²) in [5, 5.41) is 3.39. The molecule has 0 radical (unpaired) electrons. The van der Waals surface area contributed by atoms with E-state index in [0.29, 0.717) is 19.1 Å². The van der Waals surface area contributed by atoms with Gasteiger partial charge in [0.15, 0.2) is 0 Å². The van der Waals surface area contributed by atoms with Gasteiger partial charge in [0.1, 0.15) is 0 Å². The SMILES string of the molecule is CCC(C)C1NC(C)N(CCOCC2CC2)C1=O. The van der Waals surface area contributed by atoms with Crippen LogP contribution in [0.2, 0.25) is 0 Å². The first-order valence-electron chi connectivity index (χ1n) is 7.27. The van der Waals surface area contributed by atoms with Crippen LogP contribution in [-0.2, 0) is 9.53 Å². The Morgan fingerprint density at radius 1 is 1.50 bits per heavy atom. The molecule has 1 N–H and O–H groups in total. The molecule has 1 saturated heterocycles. The standard InChI is InChI=1S/C14H26N2O2/c1-4-10(2)13-14(17)16(11(3)15-13)7-8-18-9-12-5-6-12/h10-13,15H,4-9H2,1-3H3. The lowest BCUT2D eigenvalue weighted by molar-refractivity contribution is -0.131. The van der Waals surface area contributed by atoms with E-state index in [2.05, 4.69) is 26.1 Å². The molecule has 1 aliphatic heterocycles. The highest BCUT2D eigenvalue weighted by molar-refractivity contribution is 5.84. The van der Waals surface area contributed by atoms with Crippen LogP contribution in [0.3, 0.4) is 0 Å². The van der Waals surface area contributed by atoms with Crippen LogP contribution in [-0.4, -0.2) is 42.8 Å². The Balaban J connectivity index is 1.74. The summed E-state index contributed by atoms with van der Waals surface area (Å²) in [5.74, 6) is 1.44. The zero-order chi connectivity index (χ0) is 13.1. The van der Waals surface area contributed by atoms with Gasteiger partial charge in [-0.2, -0.15) is 0 Å². The van der Waals surface area contributed by atoms with E-state index in [1.165, 1.54) is 12.8 Å². The molecule has 0 aromatic rings. The number of nitrogens with one attached hydrogen (secondary N) is 1. The van der Waals surface area contributed by atoms with Crippen molar-refractivity contribution in [2.24, 2.45) is 11.8 Å². The predicted octanol–water partition coefficient (Wildman–Crippen LogP) is 1.61. The Kier molecular flexibility index (Phi) is 4.62. The second-order valence-corrected chi connectivity index (χ2v) is 5.76. The highest BCUT2D eigenvalue weighted by atomic mass is 16.5. The minimum absolute atomic E-state index is 0.00608. The number of rotatable bonds is 7. The van der Waals surface area contributed by atoms with E-state index in [1.54, 1.807) is 0 Å². The molecule has 0 bridgehead atoms. The molecule has 1 saturated carbocycles. The van der Waals surface area contributed by atoms with Gasteiger partial charge in [-0.05, 0) is 31.6 Å². The molecule has 2 rings (SSSR count). The number of nitrogens with zero attached hydrogens (tertiary/aromatic N) is 1. The lowest BCUT2D eigenvalue weighted by Crippen LogP contribution is -2.37. The van der Waals surface area contributed by atoms with Crippen molar-refractivity contribution in [1.82, 2.24) is 10.2 Å². The summed E-state index contributed by atoms with van der Waals surface area (Å²) in [6.07, 6.45) is 3.80. The Morgan fingerprint density at radius 3 is 2.83 bits per heavy atom. The smallest absolute Gasteiger partial charge is 0.241 e. The number of carbonyl (C=O) groups is 1. The molecule has 104 valence electrons. The summed E-state index contributed by atoms with van der Waals surface area (Å²) in [6, 6.07) is -0.00608. The average molecular weight is 254 g/mol. The highest BCUT2D eigenvalue weighted by Crippen LogP contribution is 2.28. The maximum absolute atomic E-state index is 12.3. The number of carbonyl (C=O) groups excluding carboxylic acids is 1. The molecule has 2 fully saturated rings. The first kappa shape index (κ1) is 13.8. The molecule has 3 atom stereocenters. The fraction of sp³-hybridized carbons (Fsp3) is 0.929. The van der Waals surface area contributed by atoms with Crippen molar-refractivity contribution >= 4 is 5.91 Å². The quantitative estimate of drug-likeness (QED) is 0.702. The van der Waals surface area contributed by atoms with Crippen molar-refractivity contribution in [3.05, 3.63) is 0 Å². The second-order valence-electron chi connectivity index (χ2n) is 5.76. The Labute approximate surface area is 110 Å². The molecule has 1 heterocycles. The van der Waals surface area contributed by atoms with E-state index in [0.717, 1.165) is 18.9 Å². The lowest BCUT2D eigenvalue weighted by Gasteiger charge is -2.20. The van der Waals surface area contributed by atoms with Gasteiger partial charge in [-0.15, -0.1) is 0 Å². The van der Waals surface area contributed by atoms with Gasteiger partial charge in [-0.25, -0.2) is 0 Å². The zero-order valence-electron chi connectivity index (χ0n) is 11.8. The van der Waals surface area contributed by atoms with Crippen LogP contribution in [0.4, 0.5) is 0 Å². The van der Waals surface area contributed by atoms with E-state index in [-0.39, 0.29) is 18.1 Å². The Morgan fingerprint density at radius 2 is 2.22 bits per heavy atom. The third-order valence-electron chi connectivity index (χ3n) is 4.18. The van der Waals surface area contributed by atoms with Crippen LogP contribution >= 0.6 is 0 Å². The predicted molar refractivity (Wildman–Crippen MR) is 71.1 cm³/mol. The van der Waals surface area contributed by atoms with Gasteiger partial charge >= 0.3 is 0 Å². The van der Waals surface area contributed by atoms with E-state index in [9.17, 15) is 4.79 Å². The number of amides is 1. The van der Waals surface area contributed by atoms with Gasteiger partial charge in [-0.1, -0.05) is 20.3 Å². The van der Waals surface area contributed by atoms with Crippen LogP contribution in [0.5, 0.6) is 0 Å². The van der Waals surface area contributed by atoms with Gasteiger partial charge in [-0.3, -0.25) is 10.1 Å². The molecule has 1 amide bonds. The first-order valence-corrected chi connectivity index (χ1v) is 7.27. The van der Waals surface area contributed by atoms with Crippen molar-refractivity contribution in [3.8, 4) is 0 Å². The maximum atomic E-state index is 12.3.